The van der Waals surface area contributed by atoms with E-state index in [9.17, 15) is 9.59 Å². The zero-order chi connectivity index (χ0) is 19.6. The first-order chi connectivity index (χ1) is 13.0. The molecule has 0 spiro atoms. The minimum Gasteiger partial charge on any atom is -0.494 e. The maximum absolute atomic E-state index is 12.9. The lowest BCUT2D eigenvalue weighted by Gasteiger charge is -2.24. The van der Waals surface area contributed by atoms with Gasteiger partial charge in [-0.1, -0.05) is 27.2 Å². The maximum Gasteiger partial charge on any atom is 0.254 e. The molecule has 0 aliphatic carbocycles. The molecule has 0 saturated heterocycles. The quantitative estimate of drug-likeness (QED) is 0.622. The number of thiazole rings is 1. The van der Waals surface area contributed by atoms with Crippen LogP contribution < -0.4 is 10.1 Å². The van der Waals surface area contributed by atoms with Gasteiger partial charge in [-0.3, -0.25) is 9.59 Å². The van der Waals surface area contributed by atoms with Crippen LogP contribution in [0.5, 0.6) is 5.75 Å². The molecule has 0 bridgehead atoms. The number of aromatic nitrogens is 1. The molecule has 0 radical (unpaired) electrons. The largest absolute Gasteiger partial charge is 0.494 e. The Kier molecular flexibility index (Phi) is 8.26. The van der Waals surface area contributed by atoms with E-state index in [-0.39, 0.29) is 24.3 Å². The van der Waals surface area contributed by atoms with Crippen molar-refractivity contribution in [3.63, 3.8) is 0 Å². The van der Waals surface area contributed by atoms with Crippen molar-refractivity contribution in [1.29, 1.82) is 0 Å². The van der Waals surface area contributed by atoms with Crippen molar-refractivity contribution >= 4 is 28.3 Å². The number of hydrogen-bond acceptors (Lipinski definition) is 5. The lowest BCUT2D eigenvalue weighted by Crippen LogP contribution is -2.40. The van der Waals surface area contributed by atoms with Crippen LogP contribution in [0.15, 0.2) is 35.8 Å². The Hall–Kier alpha value is -2.41. The number of carbonyl (C=O) groups excluding carboxylic acids is 2. The lowest BCUT2D eigenvalue weighted by atomic mass is 10.1. The number of anilines is 1. The maximum atomic E-state index is 12.9. The molecule has 2 rings (SSSR count). The summed E-state index contributed by atoms with van der Waals surface area (Å²) in [6.45, 7) is 7.30. The highest BCUT2D eigenvalue weighted by Crippen LogP contribution is 2.16. The molecular weight excluding hydrogens is 362 g/mol. The Balaban J connectivity index is 2.01. The highest BCUT2D eigenvalue weighted by atomic mass is 32.1. The first-order valence-electron chi connectivity index (χ1n) is 9.21. The third kappa shape index (κ3) is 7.02. The van der Waals surface area contributed by atoms with E-state index in [1.54, 1.807) is 40.7 Å². The summed E-state index contributed by atoms with van der Waals surface area (Å²) >= 11 is 1.35. The molecule has 6 nitrogen and oxygen atoms in total. The second kappa shape index (κ2) is 10.7. The Morgan fingerprint density at radius 2 is 2.00 bits per heavy atom. The van der Waals surface area contributed by atoms with Crippen LogP contribution in [-0.4, -0.2) is 41.4 Å². The van der Waals surface area contributed by atoms with Crippen molar-refractivity contribution < 1.29 is 14.3 Å². The van der Waals surface area contributed by atoms with Gasteiger partial charge in [0.25, 0.3) is 5.91 Å². The van der Waals surface area contributed by atoms with Gasteiger partial charge in [0.1, 0.15) is 12.3 Å². The standard InChI is InChI=1S/C20H27N3O3S/c1-4-5-11-26-17-8-6-16(7-9-17)19(25)23(13-15(2)3)14-18(24)22-20-21-10-12-27-20/h6-10,12,15H,4-5,11,13-14H2,1-3H3,(H,21,22,24). The average molecular weight is 390 g/mol. The molecule has 27 heavy (non-hydrogen) atoms. The monoisotopic (exact) mass is 389 g/mol. The van der Waals surface area contributed by atoms with Crippen molar-refractivity contribution in [2.24, 2.45) is 5.92 Å². The summed E-state index contributed by atoms with van der Waals surface area (Å²) in [5, 5.41) is 5.05. The first kappa shape index (κ1) is 20.9. The van der Waals surface area contributed by atoms with E-state index in [1.807, 2.05) is 13.8 Å². The zero-order valence-corrected chi connectivity index (χ0v) is 16.9. The molecule has 2 amide bonds. The summed E-state index contributed by atoms with van der Waals surface area (Å²) in [4.78, 5) is 30.8. The fourth-order valence-electron chi connectivity index (χ4n) is 2.49. The van der Waals surface area contributed by atoms with E-state index in [0.717, 1.165) is 18.6 Å². The molecule has 0 atom stereocenters. The molecule has 2 aromatic rings. The second-order valence-corrected chi connectivity index (χ2v) is 7.59. The third-order valence-electron chi connectivity index (χ3n) is 3.75. The number of ether oxygens (including phenoxy) is 1. The van der Waals surface area contributed by atoms with Gasteiger partial charge in [-0.15, -0.1) is 11.3 Å². The number of carbonyl (C=O) groups is 2. The molecule has 0 saturated carbocycles. The van der Waals surface area contributed by atoms with Crippen LogP contribution in [0.2, 0.25) is 0 Å². The summed E-state index contributed by atoms with van der Waals surface area (Å²) in [5.74, 6) is 0.576. The van der Waals surface area contributed by atoms with E-state index in [4.69, 9.17) is 4.74 Å². The minimum atomic E-state index is -0.251. The average Bonchev–Trinajstić information content (AvgIpc) is 3.14. The van der Waals surface area contributed by atoms with Crippen molar-refractivity contribution in [2.75, 3.05) is 25.0 Å². The molecule has 0 aliphatic heterocycles. The molecule has 0 unspecified atom stereocenters. The highest BCUT2D eigenvalue weighted by molar-refractivity contribution is 7.13. The van der Waals surface area contributed by atoms with Gasteiger partial charge in [0.05, 0.1) is 6.61 Å². The first-order valence-corrected chi connectivity index (χ1v) is 10.1. The Morgan fingerprint density at radius 1 is 1.26 bits per heavy atom. The number of nitrogens with one attached hydrogen (secondary N) is 1. The van der Waals surface area contributed by atoms with Gasteiger partial charge in [0.2, 0.25) is 5.91 Å². The van der Waals surface area contributed by atoms with Gasteiger partial charge < -0.3 is 15.0 Å². The number of unbranched alkanes of at least 4 members (excludes halogenated alkanes) is 1. The summed E-state index contributed by atoms with van der Waals surface area (Å²) in [5.41, 5.74) is 0.542. The van der Waals surface area contributed by atoms with Crippen LogP contribution in [0.25, 0.3) is 0 Å². The summed E-state index contributed by atoms with van der Waals surface area (Å²) < 4.78 is 5.63. The highest BCUT2D eigenvalue weighted by Gasteiger charge is 2.20. The number of rotatable bonds is 10. The van der Waals surface area contributed by atoms with Gasteiger partial charge in [-0.2, -0.15) is 0 Å². The molecule has 0 aliphatic rings. The Morgan fingerprint density at radius 3 is 2.59 bits per heavy atom. The smallest absolute Gasteiger partial charge is 0.254 e. The molecule has 146 valence electrons. The van der Waals surface area contributed by atoms with Gasteiger partial charge >= 0.3 is 0 Å². The minimum absolute atomic E-state index is 0.00859. The Labute approximate surface area is 164 Å². The fourth-order valence-corrected chi connectivity index (χ4v) is 3.03. The summed E-state index contributed by atoms with van der Waals surface area (Å²) in [6.07, 6.45) is 3.70. The van der Waals surface area contributed by atoms with Crippen LogP contribution >= 0.6 is 11.3 Å². The van der Waals surface area contributed by atoms with Gasteiger partial charge in [-0.25, -0.2) is 4.98 Å². The van der Waals surface area contributed by atoms with E-state index < -0.39 is 0 Å². The lowest BCUT2D eigenvalue weighted by molar-refractivity contribution is -0.117. The Bertz CT molecular complexity index is 715. The molecule has 1 heterocycles. The van der Waals surface area contributed by atoms with Gasteiger partial charge in [0.15, 0.2) is 5.13 Å². The van der Waals surface area contributed by atoms with E-state index in [1.165, 1.54) is 11.3 Å². The number of nitrogens with zero attached hydrogens (tertiary/aromatic N) is 2. The zero-order valence-electron chi connectivity index (χ0n) is 16.1. The third-order valence-corrected chi connectivity index (χ3v) is 4.44. The van der Waals surface area contributed by atoms with E-state index in [2.05, 4.69) is 17.2 Å². The predicted molar refractivity (Wildman–Crippen MR) is 108 cm³/mol. The molecule has 1 N–H and O–H groups in total. The van der Waals surface area contributed by atoms with Crippen LogP contribution in [0.4, 0.5) is 5.13 Å². The van der Waals surface area contributed by atoms with Crippen LogP contribution in [-0.2, 0) is 4.79 Å². The van der Waals surface area contributed by atoms with Gasteiger partial charge in [0, 0.05) is 23.7 Å². The molecule has 0 fully saturated rings. The normalized spacial score (nSPS) is 10.7. The number of hydrogen-bond donors (Lipinski definition) is 1. The van der Waals surface area contributed by atoms with E-state index >= 15 is 0 Å². The van der Waals surface area contributed by atoms with Crippen molar-refractivity contribution in [2.45, 2.75) is 33.6 Å². The van der Waals surface area contributed by atoms with Crippen molar-refractivity contribution in [3.05, 3.63) is 41.4 Å². The van der Waals surface area contributed by atoms with Crippen LogP contribution in [0.3, 0.4) is 0 Å². The molecule has 7 heteroatoms. The fraction of sp³-hybridized carbons (Fsp3) is 0.450. The van der Waals surface area contributed by atoms with Crippen molar-refractivity contribution in [1.82, 2.24) is 9.88 Å². The van der Waals surface area contributed by atoms with Gasteiger partial charge in [-0.05, 0) is 36.6 Å². The second-order valence-electron chi connectivity index (χ2n) is 6.69. The molecule has 1 aromatic carbocycles. The van der Waals surface area contributed by atoms with Crippen LogP contribution in [0.1, 0.15) is 44.0 Å². The summed E-state index contributed by atoms with van der Waals surface area (Å²) in [7, 11) is 0. The molecule has 1 aromatic heterocycles. The van der Waals surface area contributed by atoms with E-state index in [0.29, 0.717) is 23.8 Å². The summed E-state index contributed by atoms with van der Waals surface area (Å²) in [6, 6.07) is 7.09. The number of amides is 2. The topological polar surface area (TPSA) is 71.5 Å². The molecular formula is C20H27N3O3S. The van der Waals surface area contributed by atoms with Crippen LogP contribution in [0, 0.1) is 5.92 Å². The SMILES string of the molecule is CCCCOc1ccc(C(=O)N(CC(=O)Nc2nccs2)CC(C)C)cc1. The van der Waals surface area contributed by atoms with Crippen molar-refractivity contribution in [3.8, 4) is 5.75 Å². The number of benzene rings is 1. The predicted octanol–water partition coefficient (Wildman–Crippen LogP) is 4.06.